The summed E-state index contributed by atoms with van der Waals surface area (Å²) in [6, 6.07) is 7.70. The van der Waals surface area contributed by atoms with Gasteiger partial charge in [0.1, 0.15) is 6.10 Å². The summed E-state index contributed by atoms with van der Waals surface area (Å²) in [6.07, 6.45) is 0.835. The van der Waals surface area contributed by atoms with E-state index in [1.165, 1.54) is 43.3 Å². The molecule has 3 nitrogen and oxygen atoms in total. The van der Waals surface area contributed by atoms with E-state index in [9.17, 15) is 31.4 Å². The molecule has 5 rings (SSSR count). The van der Waals surface area contributed by atoms with Crippen LogP contribution in [0.25, 0.3) is 16.7 Å². The number of allylic oxidation sites excluding steroid dienone is 1. The third-order valence-corrected chi connectivity index (χ3v) is 6.99. The molecule has 1 aliphatic carbocycles. The van der Waals surface area contributed by atoms with Crippen LogP contribution in [-0.2, 0) is 16.1 Å². The molecular formula is C29H24F6O3. The maximum atomic E-state index is 14.8. The Kier molecular flexibility index (Phi) is 7.35. The predicted octanol–water partition coefficient (Wildman–Crippen LogP) is 7.47. The van der Waals surface area contributed by atoms with Crippen molar-refractivity contribution in [1.29, 1.82) is 0 Å². The third-order valence-electron chi connectivity index (χ3n) is 6.99. The van der Waals surface area contributed by atoms with Gasteiger partial charge >= 0.3 is 0 Å². The Morgan fingerprint density at radius 2 is 1.47 bits per heavy atom. The fraction of sp³-hybridized carbons (Fsp3) is 0.310. The molecule has 38 heavy (non-hydrogen) atoms. The molecule has 1 fully saturated rings. The topological polar surface area (TPSA) is 42.0 Å². The zero-order valence-corrected chi connectivity index (χ0v) is 20.3. The highest BCUT2D eigenvalue weighted by atomic mass is 19.2. The Bertz CT molecular complexity index is 1410. The van der Waals surface area contributed by atoms with E-state index in [0.717, 1.165) is 0 Å². The van der Waals surface area contributed by atoms with Crippen LogP contribution in [0, 0.1) is 34.9 Å². The van der Waals surface area contributed by atoms with Crippen molar-refractivity contribution in [3.05, 3.63) is 99.6 Å². The van der Waals surface area contributed by atoms with Gasteiger partial charge in [-0.25, -0.2) is 26.3 Å². The summed E-state index contributed by atoms with van der Waals surface area (Å²) < 4.78 is 98.1. The second-order valence-corrected chi connectivity index (χ2v) is 9.50. The molecular weight excluding hydrogens is 510 g/mol. The van der Waals surface area contributed by atoms with Gasteiger partial charge in [0, 0.05) is 33.4 Å². The molecule has 200 valence electrons. The Morgan fingerprint density at radius 1 is 0.842 bits per heavy atom. The molecule has 1 heterocycles. The fourth-order valence-corrected chi connectivity index (χ4v) is 4.71. The summed E-state index contributed by atoms with van der Waals surface area (Å²) in [6.45, 7) is 1.36. The van der Waals surface area contributed by atoms with Crippen LogP contribution in [0.15, 0.2) is 42.5 Å². The normalized spacial score (nSPS) is 19.8. The van der Waals surface area contributed by atoms with Gasteiger partial charge in [-0.2, -0.15) is 0 Å². The van der Waals surface area contributed by atoms with Crippen LogP contribution in [-0.4, -0.2) is 17.8 Å². The van der Waals surface area contributed by atoms with Crippen molar-refractivity contribution >= 4 is 5.57 Å². The standard InChI is InChI=1S/C29H24F6O3/c1-14(36)18-8-9-19(26(32)25(18)31)15-2-5-17(6-3-15)37-12-16-4-7-20(27(33)24(16)30)21-10-11-22(23-13-38-23)29(35)28(21)34/h2,4,7-11,14,17,23,36H,3,5-6,12-13H2,1H3. The zero-order valence-electron chi connectivity index (χ0n) is 20.3. The Balaban J connectivity index is 1.26. The lowest BCUT2D eigenvalue weighted by molar-refractivity contribution is 0.0342. The molecule has 3 unspecified atom stereocenters. The van der Waals surface area contributed by atoms with Crippen LogP contribution in [0.1, 0.15) is 60.6 Å². The zero-order chi connectivity index (χ0) is 27.1. The van der Waals surface area contributed by atoms with Gasteiger partial charge in [0.25, 0.3) is 0 Å². The summed E-state index contributed by atoms with van der Waals surface area (Å²) in [4.78, 5) is 0. The van der Waals surface area contributed by atoms with Crippen molar-refractivity contribution in [2.45, 2.75) is 51.1 Å². The number of rotatable bonds is 7. The molecule has 0 aromatic heterocycles. The van der Waals surface area contributed by atoms with E-state index in [0.29, 0.717) is 24.8 Å². The molecule has 0 saturated carbocycles. The highest BCUT2D eigenvalue weighted by Crippen LogP contribution is 2.37. The van der Waals surface area contributed by atoms with E-state index in [1.54, 1.807) is 6.08 Å². The minimum absolute atomic E-state index is 0.0338. The molecule has 0 spiro atoms. The maximum Gasteiger partial charge on any atom is 0.167 e. The third kappa shape index (κ3) is 4.98. The first-order valence-electron chi connectivity index (χ1n) is 12.2. The highest BCUT2D eigenvalue weighted by molar-refractivity contribution is 5.68. The Morgan fingerprint density at radius 3 is 2.11 bits per heavy atom. The molecule has 2 aliphatic rings. The van der Waals surface area contributed by atoms with Crippen LogP contribution in [0.3, 0.4) is 0 Å². The summed E-state index contributed by atoms with van der Waals surface area (Å²) in [7, 11) is 0. The molecule has 0 bridgehead atoms. The van der Waals surface area contributed by atoms with Crippen molar-refractivity contribution in [3.8, 4) is 11.1 Å². The smallest absolute Gasteiger partial charge is 0.167 e. The van der Waals surface area contributed by atoms with Crippen molar-refractivity contribution in [2.24, 2.45) is 0 Å². The van der Waals surface area contributed by atoms with Crippen molar-refractivity contribution < 1.29 is 40.9 Å². The van der Waals surface area contributed by atoms with E-state index in [4.69, 9.17) is 9.47 Å². The van der Waals surface area contributed by atoms with E-state index < -0.39 is 58.2 Å². The maximum absolute atomic E-state index is 14.8. The van der Waals surface area contributed by atoms with Gasteiger partial charge in [0.2, 0.25) is 0 Å². The Hall–Kier alpha value is -3.14. The van der Waals surface area contributed by atoms with Gasteiger partial charge in [0.15, 0.2) is 34.9 Å². The molecule has 0 amide bonds. The monoisotopic (exact) mass is 534 g/mol. The molecule has 0 radical (unpaired) electrons. The quantitative estimate of drug-likeness (QED) is 0.253. The minimum Gasteiger partial charge on any atom is -0.389 e. The number of halogens is 6. The van der Waals surface area contributed by atoms with Gasteiger partial charge in [-0.05, 0) is 31.8 Å². The number of hydrogen-bond acceptors (Lipinski definition) is 3. The van der Waals surface area contributed by atoms with E-state index >= 15 is 0 Å². The first kappa shape index (κ1) is 26.5. The first-order chi connectivity index (χ1) is 18.2. The van der Waals surface area contributed by atoms with Crippen LogP contribution in [0.5, 0.6) is 0 Å². The number of aliphatic hydroxyl groups excluding tert-OH is 1. The summed E-state index contributed by atoms with van der Waals surface area (Å²) in [5, 5.41) is 9.56. The second kappa shape index (κ2) is 10.6. The van der Waals surface area contributed by atoms with Gasteiger partial charge in [0.05, 0.1) is 25.4 Å². The SMILES string of the molecule is CC(O)c1ccc(C2=CCC(OCc3ccc(-c4ccc(C5CO5)c(F)c4F)c(F)c3F)CC2)c(F)c1F. The first-order valence-corrected chi connectivity index (χ1v) is 12.2. The van der Waals surface area contributed by atoms with Crippen molar-refractivity contribution in [3.63, 3.8) is 0 Å². The average Bonchev–Trinajstić information content (AvgIpc) is 3.74. The van der Waals surface area contributed by atoms with Gasteiger partial charge in [-0.1, -0.05) is 42.5 Å². The average molecular weight is 534 g/mol. The molecule has 1 N–H and O–H groups in total. The predicted molar refractivity (Wildman–Crippen MR) is 128 cm³/mol. The molecule has 3 aromatic carbocycles. The van der Waals surface area contributed by atoms with E-state index in [2.05, 4.69) is 0 Å². The molecule has 1 saturated heterocycles. The van der Waals surface area contributed by atoms with E-state index in [-0.39, 0.29) is 41.6 Å². The van der Waals surface area contributed by atoms with E-state index in [1.807, 2.05) is 0 Å². The number of aliphatic hydroxyl groups is 1. The van der Waals surface area contributed by atoms with Crippen LogP contribution >= 0.6 is 0 Å². The lowest BCUT2D eigenvalue weighted by atomic mass is 9.90. The summed E-state index contributed by atoms with van der Waals surface area (Å²) in [5.74, 6) is -7.08. The van der Waals surface area contributed by atoms with Crippen LogP contribution in [0.4, 0.5) is 26.3 Å². The molecule has 3 atom stereocenters. The van der Waals surface area contributed by atoms with Gasteiger partial charge in [-0.15, -0.1) is 0 Å². The highest BCUT2D eigenvalue weighted by Gasteiger charge is 2.31. The summed E-state index contributed by atoms with van der Waals surface area (Å²) >= 11 is 0. The molecule has 3 aromatic rings. The van der Waals surface area contributed by atoms with Crippen LogP contribution in [0.2, 0.25) is 0 Å². The van der Waals surface area contributed by atoms with Crippen molar-refractivity contribution in [1.82, 2.24) is 0 Å². The van der Waals surface area contributed by atoms with Crippen LogP contribution < -0.4 is 0 Å². The fourth-order valence-electron chi connectivity index (χ4n) is 4.71. The number of benzene rings is 3. The lowest BCUT2D eigenvalue weighted by Crippen LogP contribution is -2.17. The van der Waals surface area contributed by atoms with Gasteiger partial charge < -0.3 is 14.6 Å². The number of ether oxygens (including phenoxy) is 2. The molecule has 9 heteroatoms. The minimum atomic E-state index is -1.32. The number of hydrogen-bond donors (Lipinski definition) is 1. The molecule has 1 aliphatic heterocycles. The summed E-state index contributed by atoms with van der Waals surface area (Å²) in [5.41, 5.74) is -0.290. The van der Waals surface area contributed by atoms with Gasteiger partial charge in [-0.3, -0.25) is 0 Å². The largest absolute Gasteiger partial charge is 0.389 e. The van der Waals surface area contributed by atoms with Crippen molar-refractivity contribution in [2.75, 3.05) is 6.61 Å². The Labute approximate surface area is 215 Å². The lowest BCUT2D eigenvalue weighted by Gasteiger charge is -2.23. The number of epoxide rings is 1. The second-order valence-electron chi connectivity index (χ2n) is 9.50.